The van der Waals surface area contributed by atoms with Crippen LogP contribution in [0.5, 0.6) is 0 Å². The summed E-state index contributed by atoms with van der Waals surface area (Å²) in [5.74, 6) is -1.30. The van der Waals surface area contributed by atoms with Gasteiger partial charge >= 0.3 is 0 Å². The van der Waals surface area contributed by atoms with Gasteiger partial charge in [0.2, 0.25) is 11.2 Å². The molecule has 5 atom stereocenters. The van der Waals surface area contributed by atoms with Crippen LogP contribution >= 0.6 is 24.2 Å². The van der Waals surface area contributed by atoms with Gasteiger partial charge in [0.1, 0.15) is 0 Å². The zero-order valence-corrected chi connectivity index (χ0v) is 13.7. The van der Waals surface area contributed by atoms with Crippen molar-refractivity contribution in [1.82, 2.24) is 9.97 Å². The molecule has 0 aliphatic heterocycles. The number of fused-ring (bicyclic) bond motifs is 2. The van der Waals surface area contributed by atoms with Crippen LogP contribution in [0.4, 0.5) is 10.2 Å². The molecule has 6 nitrogen and oxygen atoms in total. The van der Waals surface area contributed by atoms with Gasteiger partial charge in [0.15, 0.2) is 16.8 Å². The monoisotopic (exact) mass is 358 g/mol. The van der Waals surface area contributed by atoms with Crippen molar-refractivity contribution in [2.75, 3.05) is 5.32 Å². The highest BCUT2D eigenvalue weighted by molar-refractivity contribution is 7.96. The minimum Gasteiger partial charge on any atom is -0.369 e. The molecule has 1 aromatic rings. The van der Waals surface area contributed by atoms with Crippen molar-refractivity contribution >= 4 is 41.1 Å². The zero-order valence-electron chi connectivity index (χ0n) is 12.1. The molecule has 2 fully saturated rings. The molecule has 0 radical (unpaired) electrons. The maximum absolute atomic E-state index is 13.9. The average Bonchev–Trinajstić information content (AvgIpc) is 2.99. The van der Waals surface area contributed by atoms with Gasteiger partial charge in [-0.2, -0.15) is 4.98 Å². The van der Waals surface area contributed by atoms with Crippen LogP contribution in [0.25, 0.3) is 0 Å². The number of primary amides is 1. The fourth-order valence-corrected chi connectivity index (χ4v) is 4.53. The summed E-state index contributed by atoms with van der Waals surface area (Å²) in [6.07, 6.45) is 2.84. The van der Waals surface area contributed by atoms with E-state index in [0.29, 0.717) is 6.42 Å². The third-order valence-corrected chi connectivity index (χ3v) is 5.29. The van der Waals surface area contributed by atoms with Crippen molar-refractivity contribution in [3.05, 3.63) is 17.3 Å². The summed E-state index contributed by atoms with van der Waals surface area (Å²) in [5.41, 5.74) is 5.53. The number of hydrogen-bond donors (Lipinski definition) is 3. The predicted molar refractivity (Wildman–Crippen MR) is 85.4 cm³/mol. The number of nitrogens with two attached hydrogens (primary N) is 1. The topological polar surface area (TPSA) is 98.0 Å². The van der Waals surface area contributed by atoms with E-state index in [4.69, 9.17) is 17.3 Å². The highest BCUT2D eigenvalue weighted by Gasteiger charge is 2.55. The van der Waals surface area contributed by atoms with Gasteiger partial charge in [-0.25, -0.2) is 9.37 Å². The summed E-state index contributed by atoms with van der Waals surface area (Å²) < 4.78 is 13.9. The molecule has 2 aliphatic carbocycles. The molecule has 23 heavy (non-hydrogen) atoms. The highest BCUT2D eigenvalue weighted by Crippen LogP contribution is 2.53. The standard InChI is InChI=1S/C14H16ClFN4O2S/c15-14-18-4-8(16)13(20-14)19-11-7-2-6(10(11)12(17)22)1-5(7)3-9(21)23/h4-7,10-11H,1-3H2,(H2,17,22)(H,21,23)(H,18,19,20)/t5-,6+,7+,10+,11+/m1/s1. The molecular formula is C14H16ClFN4O2S. The van der Waals surface area contributed by atoms with Crippen molar-refractivity contribution in [3.63, 3.8) is 0 Å². The molecule has 2 saturated carbocycles. The summed E-state index contributed by atoms with van der Waals surface area (Å²) >= 11 is 9.54. The molecule has 1 aromatic heterocycles. The first-order valence-corrected chi connectivity index (χ1v) is 8.15. The van der Waals surface area contributed by atoms with Crippen LogP contribution in [0.15, 0.2) is 6.20 Å². The Balaban J connectivity index is 1.86. The van der Waals surface area contributed by atoms with Crippen molar-refractivity contribution in [2.45, 2.75) is 25.3 Å². The van der Waals surface area contributed by atoms with Crippen LogP contribution in [0, 0.1) is 29.5 Å². The number of nitrogens with one attached hydrogen (secondary N) is 1. The Labute approximate surface area is 142 Å². The molecule has 0 saturated heterocycles. The third-order valence-electron chi connectivity index (χ3n) is 4.93. The molecule has 124 valence electrons. The lowest BCUT2D eigenvalue weighted by atomic mass is 9.76. The quantitative estimate of drug-likeness (QED) is 0.549. The van der Waals surface area contributed by atoms with Crippen LogP contribution in [0.1, 0.15) is 19.3 Å². The highest BCUT2D eigenvalue weighted by atomic mass is 35.5. The summed E-state index contributed by atoms with van der Waals surface area (Å²) in [7, 11) is 0. The number of anilines is 1. The fourth-order valence-electron chi connectivity index (χ4n) is 4.16. The zero-order chi connectivity index (χ0) is 16.7. The Bertz CT molecular complexity index is 662. The lowest BCUT2D eigenvalue weighted by Crippen LogP contribution is -2.45. The second-order valence-electron chi connectivity index (χ2n) is 6.19. The number of aromatic nitrogens is 2. The third kappa shape index (κ3) is 3.14. The Morgan fingerprint density at radius 1 is 1.48 bits per heavy atom. The van der Waals surface area contributed by atoms with Gasteiger partial charge in [-0.1, -0.05) is 0 Å². The Hall–Kier alpha value is -1.41. The van der Waals surface area contributed by atoms with E-state index in [9.17, 15) is 14.0 Å². The van der Waals surface area contributed by atoms with Crippen molar-refractivity contribution in [2.24, 2.45) is 29.4 Å². The van der Waals surface area contributed by atoms with Crippen LogP contribution in [-0.2, 0) is 9.59 Å². The molecule has 1 heterocycles. The van der Waals surface area contributed by atoms with Gasteiger partial charge in [-0.3, -0.25) is 9.59 Å². The molecule has 9 heteroatoms. The molecule has 3 rings (SSSR count). The number of halogens is 2. The second kappa shape index (κ2) is 6.24. The summed E-state index contributed by atoms with van der Waals surface area (Å²) in [6.45, 7) is 0. The van der Waals surface area contributed by atoms with E-state index in [-0.39, 0.29) is 40.0 Å². The van der Waals surface area contributed by atoms with Crippen LogP contribution in [0.2, 0.25) is 5.28 Å². The largest absolute Gasteiger partial charge is 0.369 e. The maximum atomic E-state index is 13.9. The molecule has 2 bridgehead atoms. The van der Waals surface area contributed by atoms with Crippen LogP contribution in [-0.4, -0.2) is 27.0 Å². The van der Waals surface area contributed by atoms with E-state index in [1.165, 1.54) is 0 Å². The van der Waals surface area contributed by atoms with Gasteiger partial charge < -0.3 is 11.1 Å². The van der Waals surface area contributed by atoms with Gasteiger partial charge in [0.25, 0.3) is 0 Å². The van der Waals surface area contributed by atoms with Gasteiger partial charge in [-0.15, -0.1) is 12.6 Å². The number of nitrogens with zero attached hydrogens (tertiary/aromatic N) is 2. The number of rotatable bonds is 5. The van der Waals surface area contributed by atoms with E-state index in [2.05, 4.69) is 27.9 Å². The minimum atomic E-state index is -0.651. The lowest BCUT2D eigenvalue weighted by Gasteiger charge is -2.34. The van der Waals surface area contributed by atoms with E-state index in [1.54, 1.807) is 0 Å². The summed E-state index contributed by atoms with van der Waals surface area (Å²) in [4.78, 5) is 30.5. The number of amides is 1. The number of thiol groups is 1. The number of carbonyl (C=O) groups is 2. The van der Waals surface area contributed by atoms with Gasteiger partial charge in [-0.05, 0) is 42.2 Å². The number of hydrogen-bond acceptors (Lipinski definition) is 5. The average molecular weight is 359 g/mol. The van der Waals surface area contributed by atoms with E-state index in [0.717, 1.165) is 19.0 Å². The Kier molecular flexibility index (Phi) is 4.46. The van der Waals surface area contributed by atoms with Gasteiger partial charge in [0, 0.05) is 12.5 Å². The molecule has 1 amide bonds. The smallest absolute Gasteiger partial charge is 0.224 e. The summed E-state index contributed by atoms with van der Waals surface area (Å²) in [5, 5.41) is 2.69. The number of carbonyl (C=O) groups excluding carboxylic acids is 2. The first-order chi connectivity index (χ1) is 10.9. The Morgan fingerprint density at radius 3 is 2.87 bits per heavy atom. The molecule has 0 unspecified atom stereocenters. The normalized spacial score (nSPS) is 32.0. The lowest BCUT2D eigenvalue weighted by molar-refractivity contribution is -0.123. The van der Waals surface area contributed by atoms with Crippen LogP contribution in [0.3, 0.4) is 0 Å². The van der Waals surface area contributed by atoms with Crippen LogP contribution < -0.4 is 11.1 Å². The molecule has 2 aliphatic rings. The van der Waals surface area contributed by atoms with Crippen molar-refractivity contribution in [3.8, 4) is 0 Å². The maximum Gasteiger partial charge on any atom is 0.224 e. The predicted octanol–water partition coefficient (Wildman–Crippen LogP) is 1.65. The molecule has 3 N–H and O–H groups in total. The minimum absolute atomic E-state index is 0.0433. The Morgan fingerprint density at radius 2 is 2.22 bits per heavy atom. The second-order valence-corrected chi connectivity index (χ2v) is 7.02. The fraction of sp³-hybridized carbons (Fsp3) is 0.571. The SMILES string of the molecule is NC(=O)[C@H]1[C@H]2C[C@H](CC(=O)S)[C@H](C2)[C@@H]1Nc1nc(Cl)ncc1F. The first kappa shape index (κ1) is 16.4. The van der Waals surface area contributed by atoms with E-state index >= 15 is 0 Å². The summed E-state index contributed by atoms with van der Waals surface area (Å²) in [6, 6.07) is -0.371. The van der Waals surface area contributed by atoms with E-state index in [1.807, 2.05) is 0 Å². The molecule has 0 aromatic carbocycles. The molecule has 0 spiro atoms. The van der Waals surface area contributed by atoms with E-state index < -0.39 is 17.6 Å². The van der Waals surface area contributed by atoms with Crippen molar-refractivity contribution < 1.29 is 14.0 Å². The first-order valence-electron chi connectivity index (χ1n) is 7.32. The molecular weight excluding hydrogens is 343 g/mol. The van der Waals surface area contributed by atoms with Crippen molar-refractivity contribution in [1.29, 1.82) is 0 Å². The van der Waals surface area contributed by atoms with Gasteiger partial charge in [0.05, 0.1) is 12.1 Å².